The first-order valence-corrected chi connectivity index (χ1v) is 10.1. The SMILES string of the molecule is CCCN1CCc2cc(-c3ccc(C(=O)CCc4cccnc4)cc3)ccc21. The molecule has 0 saturated carbocycles. The third-order valence-corrected chi connectivity index (χ3v) is 5.47. The summed E-state index contributed by atoms with van der Waals surface area (Å²) in [7, 11) is 0. The zero-order chi connectivity index (χ0) is 19.3. The van der Waals surface area contributed by atoms with Gasteiger partial charge in [0.25, 0.3) is 0 Å². The van der Waals surface area contributed by atoms with Gasteiger partial charge in [-0.2, -0.15) is 0 Å². The summed E-state index contributed by atoms with van der Waals surface area (Å²) in [5.41, 5.74) is 7.09. The maximum atomic E-state index is 12.5. The minimum atomic E-state index is 0.180. The summed E-state index contributed by atoms with van der Waals surface area (Å²) in [4.78, 5) is 19.1. The second-order valence-electron chi connectivity index (χ2n) is 7.44. The number of ketones is 1. The highest BCUT2D eigenvalue weighted by molar-refractivity contribution is 5.96. The minimum absolute atomic E-state index is 0.180. The van der Waals surface area contributed by atoms with Crippen molar-refractivity contribution in [3.8, 4) is 11.1 Å². The van der Waals surface area contributed by atoms with Crippen molar-refractivity contribution in [2.75, 3.05) is 18.0 Å². The molecule has 0 amide bonds. The highest BCUT2D eigenvalue weighted by Crippen LogP contribution is 2.32. The van der Waals surface area contributed by atoms with Crippen LogP contribution in [0.2, 0.25) is 0 Å². The number of nitrogens with zero attached hydrogens (tertiary/aromatic N) is 2. The number of benzene rings is 2. The Morgan fingerprint density at radius 3 is 2.64 bits per heavy atom. The second-order valence-corrected chi connectivity index (χ2v) is 7.44. The van der Waals surface area contributed by atoms with Crippen molar-refractivity contribution in [3.63, 3.8) is 0 Å². The summed E-state index contributed by atoms with van der Waals surface area (Å²) >= 11 is 0. The van der Waals surface area contributed by atoms with Crippen molar-refractivity contribution in [1.82, 2.24) is 4.98 Å². The van der Waals surface area contributed by atoms with E-state index in [1.165, 1.54) is 28.8 Å². The van der Waals surface area contributed by atoms with Crippen LogP contribution in [0.15, 0.2) is 67.0 Å². The molecule has 3 nitrogen and oxygen atoms in total. The fraction of sp³-hybridized carbons (Fsp3) is 0.280. The van der Waals surface area contributed by atoms with E-state index in [1.54, 1.807) is 6.20 Å². The Kier molecular flexibility index (Phi) is 5.52. The molecule has 3 heteroatoms. The highest BCUT2D eigenvalue weighted by atomic mass is 16.1. The van der Waals surface area contributed by atoms with Gasteiger partial charge in [-0.25, -0.2) is 0 Å². The second kappa shape index (κ2) is 8.39. The average Bonchev–Trinajstić information content (AvgIpc) is 3.15. The summed E-state index contributed by atoms with van der Waals surface area (Å²) in [5, 5.41) is 0. The van der Waals surface area contributed by atoms with Gasteiger partial charge in [-0.1, -0.05) is 43.3 Å². The average molecular weight is 370 g/mol. The van der Waals surface area contributed by atoms with Crippen molar-refractivity contribution in [3.05, 3.63) is 83.7 Å². The van der Waals surface area contributed by atoms with Gasteiger partial charge in [0.2, 0.25) is 0 Å². The molecule has 1 aliphatic heterocycles. The van der Waals surface area contributed by atoms with Gasteiger partial charge in [0.05, 0.1) is 0 Å². The maximum Gasteiger partial charge on any atom is 0.163 e. The van der Waals surface area contributed by atoms with E-state index in [1.807, 2.05) is 30.5 Å². The molecule has 3 aromatic rings. The molecular formula is C25H26N2O. The molecule has 1 aliphatic rings. The van der Waals surface area contributed by atoms with Crippen molar-refractivity contribution in [2.45, 2.75) is 32.6 Å². The van der Waals surface area contributed by atoms with Crippen molar-refractivity contribution in [1.29, 1.82) is 0 Å². The Labute approximate surface area is 167 Å². The first-order chi connectivity index (χ1) is 13.7. The van der Waals surface area contributed by atoms with E-state index in [4.69, 9.17) is 0 Å². The number of anilines is 1. The quantitative estimate of drug-likeness (QED) is 0.527. The van der Waals surface area contributed by atoms with E-state index in [2.05, 4.69) is 47.1 Å². The molecule has 2 heterocycles. The zero-order valence-electron chi connectivity index (χ0n) is 16.4. The van der Waals surface area contributed by atoms with Crippen LogP contribution in [0.1, 0.15) is 41.3 Å². The molecule has 0 saturated heterocycles. The molecule has 0 radical (unpaired) electrons. The highest BCUT2D eigenvalue weighted by Gasteiger charge is 2.18. The van der Waals surface area contributed by atoms with Crippen LogP contribution in [0.4, 0.5) is 5.69 Å². The Hall–Kier alpha value is -2.94. The van der Waals surface area contributed by atoms with Crippen LogP contribution in [-0.2, 0) is 12.8 Å². The van der Waals surface area contributed by atoms with Gasteiger partial charge >= 0.3 is 0 Å². The van der Waals surface area contributed by atoms with Gasteiger partial charge in [0.15, 0.2) is 5.78 Å². The lowest BCUT2D eigenvalue weighted by Gasteiger charge is -2.18. The van der Waals surface area contributed by atoms with Crippen molar-refractivity contribution >= 4 is 11.5 Å². The van der Waals surface area contributed by atoms with Gasteiger partial charge in [-0.3, -0.25) is 9.78 Å². The first-order valence-electron chi connectivity index (χ1n) is 10.1. The van der Waals surface area contributed by atoms with Crippen LogP contribution in [0.3, 0.4) is 0 Å². The molecule has 4 rings (SSSR count). The van der Waals surface area contributed by atoms with Gasteiger partial charge in [-0.15, -0.1) is 0 Å². The number of carbonyl (C=O) groups is 1. The van der Waals surface area contributed by atoms with E-state index in [0.717, 1.165) is 37.1 Å². The third-order valence-electron chi connectivity index (χ3n) is 5.47. The van der Waals surface area contributed by atoms with E-state index < -0.39 is 0 Å². The molecule has 0 unspecified atom stereocenters. The van der Waals surface area contributed by atoms with E-state index in [9.17, 15) is 4.79 Å². The van der Waals surface area contributed by atoms with Gasteiger partial charge in [0.1, 0.15) is 0 Å². The number of aromatic nitrogens is 1. The van der Waals surface area contributed by atoms with Crippen LogP contribution in [0.25, 0.3) is 11.1 Å². The predicted octanol–water partition coefficient (Wildman–Crippen LogP) is 5.34. The zero-order valence-corrected chi connectivity index (χ0v) is 16.4. The standard InChI is InChI=1S/C25H26N2O/c1-2-15-27-16-13-23-17-22(10-11-24(23)27)20-6-8-21(9-7-20)25(28)12-5-19-4-3-14-26-18-19/h3-4,6-11,14,17-18H,2,5,12-13,15-16H2,1H3. The molecule has 0 atom stereocenters. The van der Waals surface area contributed by atoms with Crippen LogP contribution < -0.4 is 4.90 Å². The lowest BCUT2D eigenvalue weighted by atomic mass is 9.98. The lowest BCUT2D eigenvalue weighted by Crippen LogP contribution is -2.20. The molecule has 1 aromatic heterocycles. The summed E-state index contributed by atoms with van der Waals surface area (Å²) < 4.78 is 0. The molecule has 2 aromatic carbocycles. The van der Waals surface area contributed by atoms with E-state index >= 15 is 0 Å². The lowest BCUT2D eigenvalue weighted by molar-refractivity contribution is 0.0983. The van der Waals surface area contributed by atoms with Gasteiger partial charge in [-0.05, 0) is 59.7 Å². The number of aryl methyl sites for hydroxylation is 1. The minimum Gasteiger partial charge on any atom is -0.371 e. The molecule has 142 valence electrons. The maximum absolute atomic E-state index is 12.5. The Morgan fingerprint density at radius 2 is 1.89 bits per heavy atom. The molecule has 0 bridgehead atoms. The molecule has 28 heavy (non-hydrogen) atoms. The number of fused-ring (bicyclic) bond motifs is 1. The molecule has 0 spiro atoms. The fourth-order valence-corrected chi connectivity index (χ4v) is 3.95. The number of Topliss-reactive ketones (excluding diaryl/α,β-unsaturated/α-hetero) is 1. The Morgan fingerprint density at radius 1 is 1.07 bits per heavy atom. The number of hydrogen-bond donors (Lipinski definition) is 0. The normalized spacial score (nSPS) is 12.8. The summed E-state index contributed by atoms with van der Waals surface area (Å²) in [6.45, 7) is 4.48. The third kappa shape index (κ3) is 3.99. The molecule has 0 N–H and O–H groups in total. The Balaban J connectivity index is 1.44. The number of hydrogen-bond acceptors (Lipinski definition) is 3. The number of carbonyl (C=O) groups excluding carboxylic acids is 1. The fourth-order valence-electron chi connectivity index (χ4n) is 3.95. The van der Waals surface area contributed by atoms with E-state index in [0.29, 0.717) is 6.42 Å². The van der Waals surface area contributed by atoms with Crippen LogP contribution >= 0.6 is 0 Å². The predicted molar refractivity (Wildman–Crippen MR) is 115 cm³/mol. The summed E-state index contributed by atoms with van der Waals surface area (Å²) in [6.07, 6.45) is 7.12. The van der Waals surface area contributed by atoms with Crippen LogP contribution in [0, 0.1) is 0 Å². The van der Waals surface area contributed by atoms with Crippen molar-refractivity contribution < 1.29 is 4.79 Å². The van der Waals surface area contributed by atoms with Crippen LogP contribution in [0.5, 0.6) is 0 Å². The largest absolute Gasteiger partial charge is 0.371 e. The Bertz CT molecular complexity index is 948. The topological polar surface area (TPSA) is 33.2 Å². The van der Waals surface area contributed by atoms with Gasteiger partial charge < -0.3 is 4.90 Å². The number of pyridine rings is 1. The first kappa shape index (κ1) is 18.4. The molecule has 0 fully saturated rings. The molecule has 0 aliphatic carbocycles. The van der Waals surface area contributed by atoms with E-state index in [-0.39, 0.29) is 5.78 Å². The van der Waals surface area contributed by atoms with Crippen molar-refractivity contribution in [2.24, 2.45) is 0 Å². The summed E-state index contributed by atoms with van der Waals surface area (Å²) in [5.74, 6) is 0.180. The van der Waals surface area contributed by atoms with Gasteiger partial charge in [0, 0.05) is 43.2 Å². The number of rotatable bonds is 7. The monoisotopic (exact) mass is 370 g/mol. The summed E-state index contributed by atoms with van der Waals surface area (Å²) in [6, 6.07) is 18.7. The molecular weight excluding hydrogens is 344 g/mol. The smallest absolute Gasteiger partial charge is 0.163 e. The van der Waals surface area contributed by atoms with Crippen LogP contribution in [-0.4, -0.2) is 23.9 Å².